The lowest BCUT2D eigenvalue weighted by Gasteiger charge is -2.12. The van der Waals surface area contributed by atoms with Gasteiger partial charge >= 0.3 is 0 Å². The zero-order chi connectivity index (χ0) is 14.8. The minimum absolute atomic E-state index is 0.136. The maximum Gasteiger partial charge on any atom is 0.264 e. The van der Waals surface area contributed by atoms with Crippen LogP contribution >= 0.6 is 0 Å². The smallest absolute Gasteiger partial charge is 0.264 e. The standard InChI is InChI=1S/C12H11F2N3O2S/c13-8-5-6-9(14)11(7-8)17-20(18,19)12-4-2-1-3-10(12)16-15/h1-7,16-17H,15H2. The summed E-state index contributed by atoms with van der Waals surface area (Å²) in [5.41, 5.74) is 1.89. The number of hydrogen-bond acceptors (Lipinski definition) is 4. The first kappa shape index (κ1) is 14.2. The van der Waals surface area contributed by atoms with E-state index in [4.69, 9.17) is 5.84 Å². The second-order valence-electron chi connectivity index (χ2n) is 3.87. The molecule has 106 valence electrons. The summed E-state index contributed by atoms with van der Waals surface area (Å²) in [5, 5.41) is 0. The molecule has 5 nitrogen and oxygen atoms in total. The van der Waals surface area contributed by atoms with E-state index in [1.165, 1.54) is 18.2 Å². The van der Waals surface area contributed by atoms with Crippen LogP contribution in [0.1, 0.15) is 0 Å². The average molecular weight is 299 g/mol. The van der Waals surface area contributed by atoms with Crippen molar-refractivity contribution >= 4 is 21.4 Å². The lowest BCUT2D eigenvalue weighted by atomic mass is 10.3. The van der Waals surface area contributed by atoms with Crippen LogP contribution in [0.25, 0.3) is 0 Å². The largest absolute Gasteiger partial charge is 0.323 e. The first-order chi connectivity index (χ1) is 9.44. The second kappa shape index (κ2) is 5.43. The Morgan fingerprint density at radius 1 is 1.00 bits per heavy atom. The highest BCUT2D eigenvalue weighted by Gasteiger charge is 2.19. The Kier molecular flexibility index (Phi) is 3.86. The van der Waals surface area contributed by atoms with Crippen molar-refractivity contribution in [2.75, 3.05) is 10.1 Å². The third-order valence-corrected chi connectivity index (χ3v) is 3.93. The van der Waals surface area contributed by atoms with Crippen LogP contribution in [0.3, 0.4) is 0 Å². The highest BCUT2D eigenvalue weighted by molar-refractivity contribution is 7.92. The fourth-order valence-electron chi connectivity index (χ4n) is 1.60. The van der Waals surface area contributed by atoms with Gasteiger partial charge < -0.3 is 5.43 Å². The summed E-state index contributed by atoms with van der Waals surface area (Å²) in [4.78, 5) is -0.175. The molecule has 2 aromatic rings. The molecule has 0 radical (unpaired) electrons. The number of benzene rings is 2. The topological polar surface area (TPSA) is 84.2 Å². The summed E-state index contributed by atoms with van der Waals surface area (Å²) in [6.07, 6.45) is 0. The second-order valence-corrected chi connectivity index (χ2v) is 5.52. The Balaban J connectivity index is 2.43. The van der Waals surface area contributed by atoms with Gasteiger partial charge in [0.15, 0.2) is 0 Å². The predicted octanol–water partition coefficient (Wildman–Crippen LogP) is 2.05. The van der Waals surface area contributed by atoms with Gasteiger partial charge in [0.05, 0.1) is 11.4 Å². The number of halogens is 2. The summed E-state index contributed by atoms with van der Waals surface area (Å²) in [6, 6.07) is 8.27. The summed E-state index contributed by atoms with van der Waals surface area (Å²) in [6.45, 7) is 0. The molecule has 0 aliphatic heterocycles. The number of hydrazine groups is 1. The van der Waals surface area contributed by atoms with E-state index < -0.39 is 27.3 Å². The predicted molar refractivity (Wildman–Crippen MR) is 71.4 cm³/mol. The molecule has 8 heteroatoms. The van der Waals surface area contributed by atoms with Crippen molar-refractivity contribution < 1.29 is 17.2 Å². The van der Waals surface area contributed by atoms with E-state index in [0.717, 1.165) is 18.2 Å². The van der Waals surface area contributed by atoms with Gasteiger partial charge in [-0.05, 0) is 24.3 Å². The number of anilines is 2. The van der Waals surface area contributed by atoms with Gasteiger partial charge in [-0.3, -0.25) is 10.6 Å². The normalized spacial score (nSPS) is 11.2. The zero-order valence-corrected chi connectivity index (χ0v) is 10.9. The van der Waals surface area contributed by atoms with E-state index in [2.05, 4.69) is 5.43 Å². The van der Waals surface area contributed by atoms with Gasteiger partial charge in [-0.25, -0.2) is 17.2 Å². The van der Waals surface area contributed by atoms with Crippen LogP contribution in [0.15, 0.2) is 47.4 Å². The average Bonchev–Trinajstić information content (AvgIpc) is 2.42. The number of hydrogen-bond donors (Lipinski definition) is 3. The first-order valence-corrected chi connectivity index (χ1v) is 6.96. The fourth-order valence-corrected chi connectivity index (χ4v) is 2.83. The lowest BCUT2D eigenvalue weighted by Crippen LogP contribution is -2.18. The van der Waals surface area contributed by atoms with Crippen molar-refractivity contribution in [2.45, 2.75) is 4.90 Å². The summed E-state index contributed by atoms with van der Waals surface area (Å²) < 4.78 is 52.8. The summed E-state index contributed by atoms with van der Waals surface area (Å²) in [7, 11) is -4.09. The van der Waals surface area contributed by atoms with Crippen LogP contribution < -0.4 is 16.0 Å². The lowest BCUT2D eigenvalue weighted by molar-refractivity contribution is 0.594. The Morgan fingerprint density at radius 3 is 2.40 bits per heavy atom. The van der Waals surface area contributed by atoms with Gasteiger partial charge in [0, 0.05) is 6.07 Å². The van der Waals surface area contributed by atoms with Crippen LogP contribution in [-0.4, -0.2) is 8.42 Å². The van der Waals surface area contributed by atoms with Gasteiger partial charge in [0.2, 0.25) is 0 Å². The molecule has 0 aliphatic rings. The number of nitrogens with two attached hydrogens (primary N) is 1. The number of rotatable bonds is 4. The highest BCUT2D eigenvalue weighted by atomic mass is 32.2. The molecule has 0 aliphatic carbocycles. The molecule has 0 aromatic heterocycles. The Bertz CT molecular complexity index is 735. The van der Waals surface area contributed by atoms with Gasteiger partial charge in [-0.1, -0.05) is 12.1 Å². The maximum atomic E-state index is 13.5. The number of sulfonamides is 1. The third kappa shape index (κ3) is 2.86. The van der Waals surface area contributed by atoms with Crippen LogP contribution in [0.5, 0.6) is 0 Å². The number of nitrogens with one attached hydrogen (secondary N) is 2. The highest BCUT2D eigenvalue weighted by Crippen LogP contribution is 2.24. The minimum Gasteiger partial charge on any atom is -0.323 e. The number of nitrogen functional groups attached to an aromatic ring is 1. The van der Waals surface area contributed by atoms with Crippen molar-refractivity contribution in [1.82, 2.24) is 0 Å². The van der Waals surface area contributed by atoms with Gasteiger partial charge in [-0.2, -0.15) is 0 Å². The van der Waals surface area contributed by atoms with Crippen molar-refractivity contribution in [2.24, 2.45) is 5.84 Å². The van der Waals surface area contributed by atoms with Gasteiger partial charge in [0.1, 0.15) is 16.5 Å². The van der Waals surface area contributed by atoms with Crippen LogP contribution in [-0.2, 0) is 10.0 Å². The minimum atomic E-state index is -4.09. The van der Waals surface area contributed by atoms with E-state index in [1.54, 1.807) is 6.07 Å². The van der Waals surface area contributed by atoms with E-state index in [9.17, 15) is 17.2 Å². The van der Waals surface area contributed by atoms with Gasteiger partial charge in [-0.15, -0.1) is 0 Å². The molecule has 2 rings (SSSR count). The van der Waals surface area contributed by atoms with Crippen molar-refractivity contribution in [1.29, 1.82) is 0 Å². The van der Waals surface area contributed by atoms with Gasteiger partial charge in [0.25, 0.3) is 10.0 Å². The van der Waals surface area contributed by atoms with Crippen molar-refractivity contribution in [3.63, 3.8) is 0 Å². The van der Waals surface area contributed by atoms with E-state index in [0.29, 0.717) is 0 Å². The fraction of sp³-hybridized carbons (Fsp3) is 0. The maximum absolute atomic E-state index is 13.5. The Morgan fingerprint density at radius 2 is 1.70 bits per heavy atom. The molecular weight excluding hydrogens is 288 g/mol. The molecule has 0 heterocycles. The quantitative estimate of drug-likeness (QED) is 0.596. The first-order valence-electron chi connectivity index (χ1n) is 5.47. The molecule has 0 saturated heterocycles. The molecule has 4 N–H and O–H groups in total. The molecular formula is C12H11F2N3O2S. The SMILES string of the molecule is NNc1ccccc1S(=O)(=O)Nc1cc(F)ccc1F. The van der Waals surface area contributed by atoms with E-state index in [-0.39, 0.29) is 10.6 Å². The molecule has 0 bridgehead atoms. The zero-order valence-electron chi connectivity index (χ0n) is 10.1. The summed E-state index contributed by atoms with van der Waals surface area (Å²) in [5.74, 6) is 3.58. The molecule has 0 spiro atoms. The summed E-state index contributed by atoms with van der Waals surface area (Å²) >= 11 is 0. The Labute approximate surface area is 114 Å². The van der Waals surface area contributed by atoms with Crippen LogP contribution in [0.4, 0.5) is 20.2 Å². The molecule has 0 amide bonds. The van der Waals surface area contributed by atoms with Crippen LogP contribution in [0, 0.1) is 11.6 Å². The molecule has 0 atom stereocenters. The van der Waals surface area contributed by atoms with Crippen molar-refractivity contribution in [3.8, 4) is 0 Å². The molecule has 0 saturated carbocycles. The third-order valence-electron chi connectivity index (χ3n) is 2.50. The monoisotopic (exact) mass is 299 g/mol. The van der Waals surface area contributed by atoms with Crippen LogP contribution in [0.2, 0.25) is 0 Å². The molecule has 0 unspecified atom stereocenters. The van der Waals surface area contributed by atoms with E-state index in [1.807, 2.05) is 4.72 Å². The molecule has 20 heavy (non-hydrogen) atoms. The number of para-hydroxylation sites is 1. The van der Waals surface area contributed by atoms with E-state index >= 15 is 0 Å². The molecule has 2 aromatic carbocycles. The Hall–Kier alpha value is -2.19. The molecule has 0 fully saturated rings. The van der Waals surface area contributed by atoms with Crippen molar-refractivity contribution in [3.05, 3.63) is 54.1 Å².